The second kappa shape index (κ2) is 17.7. The number of aliphatic hydroxyl groups is 3. The van der Waals surface area contributed by atoms with Crippen LogP contribution in [0.2, 0.25) is 0 Å². The van der Waals surface area contributed by atoms with Crippen molar-refractivity contribution in [1.29, 1.82) is 0 Å². The van der Waals surface area contributed by atoms with Crippen LogP contribution < -0.4 is 0 Å². The zero-order valence-corrected chi connectivity index (χ0v) is 8.47. The van der Waals surface area contributed by atoms with E-state index >= 15 is 0 Å². The first-order chi connectivity index (χ1) is 6.51. The third kappa shape index (κ3) is 31.0. The predicted octanol–water partition coefficient (Wildman–Crippen LogP) is 0.696. The molecule has 0 aliphatic rings. The van der Waals surface area contributed by atoms with Crippen molar-refractivity contribution in [3.8, 4) is 0 Å². The van der Waals surface area contributed by atoms with Crippen LogP contribution in [0.15, 0.2) is 24.5 Å². The first-order valence-corrected chi connectivity index (χ1v) is 3.84. The van der Waals surface area contributed by atoms with Gasteiger partial charge in [0.15, 0.2) is 0 Å². The van der Waals surface area contributed by atoms with E-state index < -0.39 is 5.97 Å². The minimum absolute atomic E-state index is 0.125. The Morgan fingerprint density at radius 2 is 1.64 bits per heavy atom. The molecule has 0 bridgehead atoms. The van der Waals surface area contributed by atoms with Gasteiger partial charge in [-0.1, -0.05) is 12.7 Å². The van der Waals surface area contributed by atoms with Gasteiger partial charge in [0.1, 0.15) is 0 Å². The first-order valence-electron chi connectivity index (χ1n) is 3.84. The fraction of sp³-hybridized carbons (Fsp3) is 0.444. The largest absolute Gasteiger partial charge is 0.516 e. The molecule has 0 fully saturated rings. The molecule has 0 aliphatic carbocycles. The lowest BCUT2D eigenvalue weighted by molar-refractivity contribution is -0.132. The van der Waals surface area contributed by atoms with Gasteiger partial charge in [-0.15, -0.1) is 0 Å². The summed E-state index contributed by atoms with van der Waals surface area (Å²) in [7, 11) is 0. The molecule has 0 amide bonds. The van der Waals surface area contributed by atoms with Gasteiger partial charge in [-0.3, -0.25) is 0 Å². The maximum atomic E-state index is 9.86. The molecule has 0 atom stereocenters. The number of carboxylic acids is 1. The predicted molar refractivity (Wildman–Crippen MR) is 54.1 cm³/mol. The molecule has 5 heteroatoms. The van der Waals surface area contributed by atoms with Crippen molar-refractivity contribution in [2.24, 2.45) is 0 Å². The lowest BCUT2D eigenvalue weighted by Crippen LogP contribution is -1.93. The van der Waals surface area contributed by atoms with Gasteiger partial charge >= 0.3 is 5.97 Å². The highest BCUT2D eigenvalue weighted by Crippen LogP contribution is 1.87. The van der Waals surface area contributed by atoms with Crippen molar-refractivity contribution >= 4 is 5.97 Å². The van der Waals surface area contributed by atoms with Crippen LogP contribution >= 0.6 is 0 Å². The summed E-state index contributed by atoms with van der Waals surface area (Å²) in [5.74, 6) is -0.845. The molecule has 0 heterocycles. The third-order valence-electron chi connectivity index (χ3n) is 0.870. The monoisotopic (exact) mass is 206 g/mol. The molecule has 0 aromatic rings. The van der Waals surface area contributed by atoms with Crippen LogP contribution in [0.3, 0.4) is 0 Å². The second-order valence-corrected chi connectivity index (χ2v) is 1.91. The Balaban J connectivity index is -0.000000147. The summed E-state index contributed by atoms with van der Waals surface area (Å²) < 4.78 is 0. The fourth-order valence-electron chi connectivity index (χ4n) is 0.123. The zero-order chi connectivity index (χ0) is 12.0. The Morgan fingerprint density at radius 1 is 1.36 bits per heavy atom. The van der Waals surface area contributed by atoms with Gasteiger partial charge in [-0.05, 0) is 13.8 Å². The van der Waals surface area contributed by atoms with E-state index in [4.69, 9.17) is 20.4 Å². The number of allylic oxidation sites excluding steroid dienone is 1. The summed E-state index contributed by atoms with van der Waals surface area (Å²) >= 11 is 0. The first kappa shape index (κ1) is 18.5. The number of aliphatic hydroxyl groups excluding tert-OH is 3. The normalized spacial score (nSPS) is 8.71. The van der Waals surface area contributed by atoms with Crippen molar-refractivity contribution in [3.05, 3.63) is 24.5 Å². The minimum atomic E-state index is -0.845. The van der Waals surface area contributed by atoms with Gasteiger partial charge in [-0.25, -0.2) is 4.79 Å². The highest BCUT2D eigenvalue weighted by Gasteiger charge is 1.93. The molecular formula is C9H18O5. The molecule has 0 aromatic carbocycles. The molecule has 84 valence electrons. The van der Waals surface area contributed by atoms with Crippen molar-refractivity contribution in [2.45, 2.75) is 13.8 Å². The Labute approximate surface area is 83.6 Å². The summed E-state index contributed by atoms with van der Waals surface area (Å²) in [5, 5.41) is 30.7. The average Bonchev–Trinajstić information content (AvgIpc) is 2.18. The van der Waals surface area contributed by atoms with Crippen LogP contribution in [-0.2, 0) is 4.79 Å². The van der Waals surface area contributed by atoms with Crippen LogP contribution in [0.5, 0.6) is 0 Å². The van der Waals surface area contributed by atoms with Crippen LogP contribution in [-0.4, -0.2) is 39.6 Å². The lowest BCUT2D eigenvalue weighted by Gasteiger charge is -1.84. The molecule has 4 N–H and O–H groups in total. The quantitative estimate of drug-likeness (QED) is 0.394. The number of carboxylic acid groups (broad SMARTS) is 1. The fourth-order valence-corrected chi connectivity index (χ4v) is 0.123. The SMILES string of the molecule is C/C=C(\C)C(=O)O.C=CO.OCCO. The molecule has 5 nitrogen and oxygen atoms in total. The number of hydrogen-bond donors (Lipinski definition) is 4. The Bertz CT molecular complexity index is 161. The third-order valence-corrected chi connectivity index (χ3v) is 0.870. The van der Waals surface area contributed by atoms with Crippen molar-refractivity contribution in [2.75, 3.05) is 13.2 Å². The van der Waals surface area contributed by atoms with E-state index in [1.165, 1.54) is 0 Å². The number of hydrogen-bond acceptors (Lipinski definition) is 4. The molecule has 0 saturated heterocycles. The lowest BCUT2D eigenvalue weighted by atomic mass is 10.3. The van der Waals surface area contributed by atoms with Crippen LogP contribution in [0.4, 0.5) is 0 Å². The van der Waals surface area contributed by atoms with E-state index in [2.05, 4.69) is 6.58 Å². The average molecular weight is 206 g/mol. The van der Waals surface area contributed by atoms with E-state index in [1.807, 2.05) is 0 Å². The molecule has 14 heavy (non-hydrogen) atoms. The Morgan fingerprint density at radius 3 is 1.64 bits per heavy atom. The van der Waals surface area contributed by atoms with Crippen LogP contribution in [0, 0.1) is 0 Å². The Kier molecular flexibility index (Phi) is 23.3. The maximum absolute atomic E-state index is 9.86. The second-order valence-electron chi connectivity index (χ2n) is 1.91. The van der Waals surface area contributed by atoms with E-state index in [-0.39, 0.29) is 13.2 Å². The van der Waals surface area contributed by atoms with Gasteiger partial charge in [0.05, 0.1) is 19.5 Å². The van der Waals surface area contributed by atoms with Crippen molar-refractivity contribution < 1.29 is 25.2 Å². The Hall–Kier alpha value is -1.33. The van der Waals surface area contributed by atoms with Crippen molar-refractivity contribution in [3.63, 3.8) is 0 Å². The van der Waals surface area contributed by atoms with Gasteiger partial charge in [0.2, 0.25) is 0 Å². The summed E-state index contributed by atoms with van der Waals surface area (Å²) in [6.45, 7) is 5.92. The van der Waals surface area contributed by atoms with E-state index in [9.17, 15) is 4.79 Å². The van der Waals surface area contributed by atoms with Gasteiger partial charge in [0.25, 0.3) is 0 Å². The molecule has 0 unspecified atom stereocenters. The molecule has 0 saturated carbocycles. The number of rotatable bonds is 2. The molecule has 0 aliphatic heterocycles. The summed E-state index contributed by atoms with van der Waals surface area (Å²) in [5.41, 5.74) is 0.389. The van der Waals surface area contributed by atoms with E-state index in [0.29, 0.717) is 5.57 Å². The molecule has 0 rings (SSSR count). The van der Waals surface area contributed by atoms with Gasteiger partial charge < -0.3 is 20.4 Å². The van der Waals surface area contributed by atoms with Crippen LogP contribution in [0.1, 0.15) is 13.8 Å². The molecule has 0 spiro atoms. The highest BCUT2D eigenvalue weighted by atomic mass is 16.4. The van der Waals surface area contributed by atoms with Gasteiger partial charge in [0, 0.05) is 5.57 Å². The molecule has 0 radical (unpaired) electrons. The van der Waals surface area contributed by atoms with Crippen molar-refractivity contribution in [1.82, 2.24) is 0 Å². The van der Waals surface area contributed by atoms with Gasteiger partial charge in [-0.2, -0.15) is 0 Å². The zero-order valence-electron chi connectivity index (χ0n) is 8.47. The minimum Gasteiger partial charge on any atom is -0.516 e. The summed E-state index contributed by atoms with van der Waals surface area (Å²) in [6.07, 6.45) is 2.31. The number of carbonyl (C=O) groups is 1. The summed E-state index contributed by atoms with van der Waals surface area (Å²) in [4.78, 5) is 9.86. The van der Waals surface area contributed by atoms with Crippen LogP contribution in [0.25, 0.3) is 0 Å². The molecular weight excluding hydrogens is 188 g/mol. The highest BCUT2D eigenvalue weighted by molar-refractivity contribution is 5.85. The summed E-state index contributed by atoms with van der Waals surface area (Å²) in [6, 6.07) is 0. The smallest absolute Gasteiger partial charge is 0.330 e. The number of aliphatic carboxylic acids is 1. The maximum Gasteiger partial charge on any atom is 0.330 e. The molecule has 0 aromatic heterocycles. The van der Waals surface area contributed by atoms with E-state index in [0.717, 1.165) is 6.26 Å². The van der Waals surface area contributed by atoms with E-state index in [1.54, 1.807) is 19.9 Å². The standard InChI is InChI=1S/C5H8O2.C2H6O2.C2H4O/c1-3-4(2)5(6)7;3-1-2-4;1-2-3/h3H,1-2H3,(H,6,7);3-4H,1-2H2;2-3H,1H2/b4-3+;;. The topological polar surface area (TPSA) is 98.0 Å².